The normalized spacial score (nSPS) is 24.4. The van der Waals surface area contributed by atoms with Crippen LogP contribution in [0.2, 0.25) is 0 Å². The van der Waals surface area contributed by atoms with Gasteiger partial charge in [0.2, 0.25) is 0 Å². The first-order valence-corrected chi connectivity index (χ1v) is 12.3. The molecule has 2 saturated carbocycles. The number of aliphatic carboxylic acids is 1. The zero-order chi connectivity index (χ0) is 24.3. The zero-order valence-electron chi connectivity index (χ0n) is 19.7. The number of carboxylic acids is 1. The summed E-state index contributed by atoms with van der Waals surface area (Å²) in [5, 5.41) is 30.9. The lowest BCUT2D eigenvalue weighted by Crippen LogP contribution is -2.36. The zero-order valence-corrected chi connectivity index (χ0v) is 19.7. The van der Waals surface area contributed by atoms with E-state index >= 15 is 0 Å². The highest BCUT2D eigenvalue weighted by molar-refractivity contribution is 5.85. The molecule has 0 saturated heterocycles. The first kappa shape index (κ1) is 24.4. The molecule has 2 aliphatic rings. The number of carboxylic acid groups (broad SMARTS) is 1. The molecule has 2 aromatic rings. The van der Waals surface area contributed by atoms with E-state index in [0.29, 0.717) is 12.2 Å². The van der Waals surface area contributed by atoms with Crippen molar-refractivity contribution in [1.82, 2.24) is 0 Å². The van der Waals surface area contributed by atoms with Gasteiger partial charge < -0.3 is 20.1 Å². The van der Waals surface area contributed by atoms with Gasteiger partial charge in [0.1, 0.15) is 11.5 Å². The van der Waals surface area contributed by atoms with Crippen molar-refractivity contribution in [2.75, 3.05) is 6.61 Å². The van der Waals surface area contributed by atoms with Crippen molar-refractivity contribution in [3.8, 4) is 5.75 Å². The van der Waals surface area contributed by atoms with Crippen LogP contribution in [0.25, 0.3) is 0 Å². The van der Waals surface area contributed by atoms with Crippen molar-refractivity contribution in [3.05, 3.63) is 65.2 Å². The first-order valence-electron chi connectivity index (χ1n) is 12.3. The number of Topliss-reactive ketones (excluding diaryl/α,β-unsaturated/α-hetero) is 1. The summed E-state index contributed by atoms with van der Waals surface area (Å²) in [5.41, 5.74) is 2.53. The fourth-order valence-corrected chi connectivity index (χ4v) is 5.89. The summed E-state index contributed by atoms with van der Waals surface area (Å²) in [6.45, 7) is 1.72. The molecule has 2 fully saturated rings. The van der Waals surface area contributed by atoms with Gasteiger partial charge in [0.05, 0.1) is 12.2 Å². The van der Waals surface area contributed by atoms with Gasteiger partial charge in [0, 0.05) is 23.7 Å². The predicted octanol–water partition coefficient (Wildman–Crippen LogP) is 4.43. The Morgan fingerprint density at radius 1 is 1.18 bits per heavy atom. The van der Waals surface area contributed by atoms with Crippen molar-refractivity contribution in [2.45, 2.75) is 70.0 Å². The smallest absolute Gasteiger partial charge is 0.341 e. The van der Waals surface area contributed by atoms with E-state index in [1.54, 1.807) is 18.2 Å². The topological polar surface area (TPSA) is 104 Å². The summed E-state index contributed by atoms with van der Waals surface area (Å²) in [4.78, 5) is 23.7. The van der Waals surface area contributed by atoms with Gasteiger partial charge in [0.25, 0.3) is 0 Å². The maximum Gasteiger partial charge on any atom is 0.341 e. The van der Waals surface area contributed by atoms with Gasteiger partial charge in [-0.2, -0.15) is 0 Å². The highest BCUT2D eigenvalue weighted by Gasteiger charge is 2.45. The fraction of sp³-hybridized carbons (Fsp3) is 0.500. The van der Waals surface area contributed by atoms with Gasteiger partial charge >= 0.3 is 5.97 Å². The highest BCUT2D eigenvalue weighted by Crippen LogP contribution is 2.53. The Balaban J connectivity index is 1.56. The minimum atomic E-state index is -1.05. The van der Waals surface area contributed by atoms with Crippen molar-refractivity contribution >= 4 is 11.8 Å². The van der Waals surface area contributed by atoms with Crippen molar-refractivity contribution in [1.29, 1.82) is 0 Å². The van der Waals surface area contributed by atoms with Crippen molar-refractivity contribution in [3.63, 3.8) is 0 Å². The molecule has 34 heavy (non-hydrogen) atoms. The highest BCUT2D eigenvalue weighted by atomic mass is 16.5. The van der Waals surface area contributed by atoms with Gasteiger partial charge in [-0.15, -0.1) is 0 Å². The second-order valence-corrected chi connectivity index (χ2v) is 9.94. The minimum absolute atomic E-state index is 0.0155. The van der Waals surface area contributed by atoms with E-state index in [2.05, 4.69) is 6.92 Å². The fourth-order valence-electron chi connectivity index (χ4n) is 5.89. The number of hydrogen-bond donors (Lipinski definition) is 3. The summed E-state index contributed by atoms with van der Waals surface area (Å²) in [7, 11) is 0. The average molecular weight is 467 g/mol. The lowest BCUT2D eigenvalue weighted by atomic mass is 9.61. The number of aliphatic hydroxyl groups is 2. The van der Waals surface area contributed by atoms with Crippen LogP contribution in [-0.2, 0) is 16.0 Å². The SMILES string of the molecule is CCCC1([C@H](O)c2cccc([C@@H]3C(Cc4cccc(OCC(=O)O)c4)C(=O)C[C@H]3O)c2)CCC1. The van der Waals surface area contributed by atoms with E-state index in [0.717, 1.165) is 48.8 Å². The molecule has 1 unspecified atom stereocenters. The van der Waals surface area contributed by atoms with Crippen LogP contribution in [0, 0.1) is 11.3 Å². The average Bonchev–Trinajstić information content (AvgIpc) is 3.07. The summed E-state index contributed by atoms with van der Waals surface area (Å²) in [6, 6.07) is 14.9. The molecule has 0 radical (unpaired) electrons. The van der Waals surface area contributed by atoms with Crippen LogP contribution in [0.5, 0.6) is 5.75 Å². The molecular weight excluding hydrogens is 432 g/mol. The number of ether oxygens (including phenoxy) is 1. The Hall–Kier alpha value is -2.70. The third kappa shape index (κ3) is 5.03. The standard InChI is InChI=1S/C28H34O6/c1-2-10-28(11-5-12-28)27(33)20-8-4-7-19(15-20)26-22(23(29)16-24(26)30)14-18-6-3-9-21(13-18)34-17-25(31)32/h3-4,6-9,13,15,22,24,26-27,30,33H,2,5,10-12,14,16-17H2,1H3,(H,31,32)/t22?,24-,26-,27-/m1/s1. The minimum Gasteiger partial charge on any atom is -0.482 e. The van der Waals surface area contributed by atoms with E-state index < -0.39 is 30.7 Å². The Labute approximate surface area is 200 Å². The van der Waals surface area contributed by atoms with E-state index in [9.17, 15) is 19.8 Å². The summed E-state index contributed by atoms with van der Waals surface area (Å²) in [6.07, 6.45) is 4.44. The van der Waals surface area contributed by atoms with Gasteiger partial charge in [-0.3, -0.25) is 4.79 Å². The molecule has 2 aliphatic carbocycles. The number of carbonyl (C=O) groups is 2. The molecule has 0 spiro atoms. The second-order valence-electron chi connectivity index (χ2n) is 9.94. The second kappa shape index (κ2) is 10.3. The van der Waals surface area contributed by atoms with Crippen molar-refractivity contribution in [2.24, 2.45) is 11.3 Å². The summed E-state index contributed by atoms with van der Waals surface area (Å²) < 4.78 is 5.28. The third-order valence-electron chi connectivity index (χ3n) is 7.68. The van der Waals surface area contributed by atoms with Crippen LogP contribution in [0.1, 0.15) is 74.2 Å². The predicted molar refractivity (Wildman–Crippen MR) is 128 cm³/mol. The molecule has 4 rings (SSSR count). The van der Waals surface area contributed by atoms with E-state index in [1.807, 2.05) is 30.3 Å². The van der Waals surface area contributed by atoms with Crippen LogP contribution >= 0.6 is 0 Å². The molecule has 0 aliphatic heterocycles. The van der Waals surface area contributed by atoms with Gasteiger partial charge in [0.15, 0.2) is 6.61 Å². The molecule has 0 bridgehead atoms. The van der Waals surface area contributed by atoms with Crippen LogP contribution < -0.4 is 4.74 Å². The molecule has 6 nitrogen and oxygen atoms in total. The molecule has 6 heteroatoms. The first-order chi connectivity index (χ1) is 16.3. The third-order valence-corrected chi connectivity index (χ3v) is 7.68. The van der Waals surface area contributed by atoms with Crippen LogP contribution in [0.3, 0.4) is 0 Å². The molecule has 2 aromatic carbocycles. The number of carbonyl (C=O) groups excluding carboxylic acids is 1. The van der Waals surface area contributed by atoms with Gasteiger partial charge in [-0.25, -0.2) is 4.79 Å². The Morgan fingerprint density at radius 2 is 1.94 bits per heavy atom. The van der Waals surface area contributed by atoms with Crippen LogP contribution in [0.4, 0.5) is 0 Å². The number of benzene rings is 2. The van der Waals surface area contributed by atoms with E-state index in [-0.39, 0.29) is 23.5 Å². The quantitative estimate of drug-likeness (QED) is 0.479. The number of hydrogen-bond acceptors (Lipinski definition) is 5. The molecule has 0 aromatic heterocycles. The number of ketones is 1. The molecule has 3 N–H and O–H groups in total. The number of aliphatic hydroxyl groups excluding tert-OH is 2. The molecular formula is C28H34O6. The summed E-state index contributed by atoms with van der Waals surface area (Å²) in [5.74, 6) is -1.35. The van der Waals surface area contributed by atoms with Crippen LogP contribution in [0.15, 0.2) is 48.5 Å². The Kier molecular flexibility index (Phi) is 7.39. The van der Waals surface area contributed by atoms with E-state index in [4.69, 9.17) is 9.84 Å². The Morgan fingerprint density at radius 3 is 2.62 bits per heavy atom. The number of rotatable bonds is 10. The van der Waals surface area contributed by atoms with Crippen molar-refractivity contribution < 1.29 is 29.6 Å². The Bertz CT molecular complexity index is 1030. The molecule has 182 valence electrons. The van der Waals surface area contributed by atoms with Gasteiger partial charge in [-0.1, -0.05) is 56.2 Å². The molecule has 0 amide bonds. The maximum atomic E-state index is 12.9. The lowest BCUT2D eigenvalue weighted by molar-refractivity contribution is -0.139. The lowest BCUT2D eigenvalue weighted by Gasteiger charge is -2.46. The maximum absolute atomic E-state index is 12.9. The molecule has 4 atom stereocenters. The molecule has 0 heterocycles. The monoisotopic (exact) mass is 466 g/mol. The van der Waals surface area contributed by atoms with Crippen LogP contribution in [-0.4, -0.2) is 39.8 Å². The van der Waals surface area contributed by atoms with E-state index in [1.165, 1.54) is 0 Å². The largest absolute Gasteiger partial charge is 0.482 e. The van der Waals surface area contributed by atoms with Gasteiger partial charge in [-0.05, 0) is 54.5 Å². The summed E-state index contributed by atoms with van der Waals surface area (Å²) >= 11 is 0.